The maximum atomic E-state index is 5.52. The molecule has 1 heterocycles. The molecular weight excluding hydrogens is 266 g/mol. The molecule has 0 spiro atoms. The average molecular weight is 287 g/mol. The Morgan fingerprint density at radius 3 is 2.43 bits per heavy atom. The summed E-state index contributed by atoms with van der Waals surface area (Å²) in [5, 5.41) is 3.26. The van der Waals surface area contributed by atoms with Gasteiger partial charge in [-0.05, 0) is 5.56 Å². The number of nitrogens with zero attached hydrogens (tertiary/aromatic N) is 2. The molecule has 0 saturated heterocycles. The van der Waals surface area contributed by atoms with Crippen LogP contribution in [-0.4, -0.2) is 37.3 Å². The van der Waals surface area contributed by atoms with Gasteiger partial charge in [0.25, 0.3) is 0 Å². The van der Waals surface area contributed by atoms with E-state index in [1.54, 1.807) is 14.2 Å². The van der Waals surface area contributed by atoms with E-state index in [0.29, 0.717) is 12.4 Å². The lowest BCUT2D eigenvalue weighted by molar-refractivity contribution is 0.129. The standard InChI is InChI=1S/C16H21N3O2/c1-20-9-8-17-10-13-11-18-16(19-12-13)15(21-2)14-6-4-3-5-7-14/h3-7,11-12,15,17H,8-10H2,1-2H3. The number of rotatable bonds is 8. The summed E-state index contributed by atoms with van der Waals surface area (Å²) in [6.07, 6.45) is 3.43. The smallest absolute Gasteiger partial charge is 0.161 e. The van der Waals surface area contributed by atoms with Gasteiger partial charge in [0.15, 0.2) is 5.82 Å². The summed E-state index contributed by atoms with van der Waals surface area (Å²) >= 11 is 0. The average Bonchev–Trinajstić information content (AvgIpc) is 2.55. The molecule has 1 aromatic carbocycles. The third kappa shape index (κ3) is 4.60. The molecule has 0 aliphatic carbocycles. The fraction of sp³-hybridized carbons (Fsp3) is 0.375. The molecule has 0 saturated carbocycles. The van der Waals surface area contributed by atoms with Crippen LogP contribution in [-0.2, 0) is 16.0 Å². The van der Waals surface area contributed by atoms with E-state index in [1.165, 1.54) is 0 Å². The van der Waals surface area contributed by atoms with E-state index in [0.717, 1.165) is 24.2 Å². The normalized spacial score (nSPS) is 12.3. The predicted octanol–water partition coefficient (Wildman–Crippen LogP) is 1.95. The van der Waals surface area contributed by atoms with E-state index in [9.17, 15) is 0 Å². The van der Waals surface area contributed by atoms with Crippen LogP contribution in [0.5, 0.6) is 0 Å². The summed E-state index contributed by atoms with van der Waals surface area (Å²) in [6, 6.07) is 9.96. The van der Waals surface area contributed by atoms with Crippen molar-refractivity contribution in [2.45, 2.75) is 12.6 Å². The quantitative estimate of drug-likeness (QED) is 0.752. The zero-order valence-electron chi connectivity index (χ0n) is 12.5. The molecule has 0 aliphatic heterocycles. The second-order valence-corrected chi connectivity index (χ2v) is 4.65. The summed E-state index contributed by atoms with van der Waals surface area (Å²) in [5.41, 5.74) is 2.09. The first-order valence-electron chi connectivity index (χ1n) is 6.93. The highest BCUT2D eigenvalue weighted by Gasteiger charge is 2.15. The van der Waals surface area contributed by atoms with Crippen LogP contribution in [0.3, 0.4) is 0 Å². The summed E-state index contributed by atoms with van der Waals surface area (Å²) in [7, 11) is 3.36. The number of nitrogens with one attached hydrogen (secondary N) is 1. The van der Waals surface area contributed by atoms with Crippen LogP contribution >= 0.6 is 0 Å². The minimum Gasteiger partial charge on any atom is -0.383 e. The highest BCUT2D eigenvalue weighted by molar-refractivity contribution is 5.23. The van der Waals surface area contributed by atoms with Crippen LogP contribution < -0.4 is 5.32 Å². The first kappa shape index (κ1) is 15.6. The van der Waals surface area contributed by atoms with Crippen molar-refractivity contribution in [2.75, 3.05) is 27.4 Å². The molecule has 0 amide bonds. The lowest BCUT2D eigenvalue weighted by Crippen LogP contribution is -2.19. The number of hydrogen-bond acceptors (Lipinski definition) is 5. The molecule has 21 heavy (non-hydrogen) atoms. The van der Waals surface area contributed by atoms with Crippen molar-refractivity contribution < 1.29 is 9.47 Å². The van der Waals surface area contributed by atoms with Gasteiger partial charge in [-0.1, -0.05) is 30.3 Å². The van der Waals surface area contributed by atoms with Crippen LogP contribution in [0, 0.1) is 0 Å². The number of ether oxygens (including phenoxy) is 2. The monoisotopic (exact) mass is 287 g/mol. The molecule has 0 aliphatic rings. The van der Waals surface area contributed by atoms with E-state index >= 15 is 0 Å². The van der Waals surface area contributed by atoms with E-state index in [-0.39, 0.29) is 6.10 Å². The van der Waals surface area contributed by atoms with E-state index in [2.05, 4.69) is 15.3 Å². The zero-order valence-corrected chi connectivity index (χ0v) is 12.5. The number of aromatic nitrogens is 2. The zero-order chi connectivity index (χ0) is 14.9. The van der Waals surface area contributed by atoms with E-state index in [4.69, 9.17) is 9.47 Å². The van der Waals surface area contributed by atoms with Gasteiger partial charge in [0.1, 0.15) is 6.10 Å². The Hall–Kier alpha value is -1.82. The number of hydrogen-bond donors (Lipinski definition) is 1. The van der Waals surface area contributed by atoms with E-state index < -0.39 is 0 Å². The molecule has 5 nitrogen and oxygen atoms in total. The van der Waals surface area contributed by atoms with Gasteiger partial charge in [0.05, 0.1) is 6.61 Å². The Labute approximate surface area is 125 Å². The summed E-state index contributed by atoms with van der Waals surface area (Å²) in [4.78, 5) is 8.84. The molecule has 2 aromatic rings. The summed E-state index contributed by atoms with van der Waals surface area (Å²) in [5.74, 6) is 0.671. The summed E-state index contributed by atoms with van der Waals surface area (Å²) < 4.78 is 10.5. The van der Waals surface area contributed by atoms with Gasteiger partial charge in [-0.15, -0.1) is 0 Å². The Bertz CT molecular complexity index is 517. The van der Waals surface area contributed by atoms with Crippen LogP contribution in [0.25, 0.3) is 0 Å². The fourth-order valence-corrected chi connectivity index (χ4v) is 2.02. The van der Waals surface area contributed by atoms with Crippen molar-refractivity contribution in [3.05, 3.63) is 59.7 Å². The van der Waals surface area contributed by atoms with Crippen LogP contribution in [0.4, 0.5) is 0 Å². The van der Waals surface area contributed by atoms with Gasteiger partial charge >= 0.3 is 0 Å². The molecular formula is C16H21N3O2. The van der Waals surface area contributed by atoms with Gasteiger partial charge in [-0.25, -0.2) is 9.97 Å². The highest BCUT2D eigenvalue weighted by Crippen LogP contribution is 2.21. The maximum Gasteiger partial charge on any atom is 0.161 e. The molecule has 1 atom stereocenters. The Morgan fingerprint density at radius 2 is 1.81 bits per heavy atom. The topological polar surface area (TPSA) is 56.3 Å². The first-order chi connectivity index (χ1) is 10.3. The van der Waals surface area contributed by atoms with E-state index in [1.807, 2.05) is 42.7 Å². The van der Waals surface area contributed by atoms with Crippen molar-refractivity contribution in [2.24, 2.45) is 0 Å². The van der Waals surface area contributed by atoms with Crippen molar-refractivity contribution in [1.29, 1.82) is 0 Å². The van der Waals surface area contributed by atoms with Gasteiger partial charge < -0.3 is 14.8 Å². The van der Waals surface area contributed by atoms with Crippen molar-refractivity contribution in [3.63, 3.8) is 0 Å². The van der Waals surface area contributed by atoms with Crippen molar-refractivity contribution in [1.82, 2.24) is 15.3 Å². The second-order valence-electron chi connectivity index (χ2n) is 4.65. The molecule has 5 heteroatoms. The molecule has 0 radical (unpaired) electrons. The maximum absolute atomic E-state index is 5.52. The largest absolute Gasteiger partial charge is 0.383 e. The van der Waals surface area contributed by atoms with Crippen LogP contribution in [0.2, 0.25) is 0 Å². The third-order valence-electron chi connectivity index (χ3n) is 3.11. The van der Waals surface area contributed by atoms with Gasteiger partial charge in [-0.2, -0.15) is 0 Å². The van der Waals surface area contributed by atoms with Gasteiger partial charge in [-0.3, -0.25) is 0 Å². The lowest BCUT2D eigenvalue weighted by atomic mass is 10.1. The SMILES string of the molecule is COCCNCc1cnc(C(OC)c2ccccc2)nc1. The minimum atomic E-state index is -0.235. The Balaban J connectivity index is 2.00. The van der Waals surface area contributed by atoms with Crippen LogP contribution in [0.1, 0.15) is 23.1 Å². The Morgan fingerprint density at radius 1 is 1.10 bits per heavy atom. The second kappa shape index (κ2) is 8.46. The molecule has 1 N–H and O–H groups in total. The highest BCUT2D eigenvalue weighted by atomic mass is 16.5. The molecule has 1 unspecified atom stereocenters. The van der Waals surface area contributed by atoms with Gasteiger partial charge in [0.2, 0.25) is 0 Å². The summed E-state index contributed by atoms with van der Waals surface area (Å²) in [6.45, 7) is 2.23. The lowest BCUT2D eigenvalue weighted by Gasteiger charge is -2.14. The molecule has 2 rings (SSSR count). The molecule has 0 fully saturated rings. The Kier molecular flexibility index (Phi) is 6.27. The number of methoxy groups -OCH3 is 2. The third-order valence-corrected chi connectivity index (χ3v) is 3.11. The van der Waals surface area contributed by atoms with Crippen molar-refractivity contribution in [3.8, 4) is 0 Å². The molecule has 1 aromatic heterocycles. The molecule has 112 valence electrons. The predicted molar refractivity (Wildman–Crippen MR) is 80.9 cm³/mol. The molecule has 0 bridgehead atoms. The minimum absolute atomic E-state index is 0.235. The van der Waals surface area contributed by atoms with Crippen molar-refractivity contribution >= 4 is 0 Å². The first-order valence-corrected chi connectivity index (χ1v) is 6.93. The van der Waals surface area contributed by atoms with Crippen LogP contribution in [0.15, 0.2) is 42.7 Å². The fourth-order valence-electron chi connectivity index (χ4n) is 2.02. The van der Waals surface area contributed by atoms with Gasteiger partial charge in [0, 0.05) is 45.3 Å². The number of benzene rings is 1.